The van der Waals surface area contributed by atoms with E-state index in [9.17, 15) is 9.59 Å². The highest BCUT2D eigenvalue weighted by Crippen LogP contribution is 2.35. The van der Waals surface area contributed by atoms with Crippen molar-refractivity contribution in [3.8, 4) is 0 Å². The molecule has 1 aromatic heterocycles. The van der Waals surface area contributed by atoms with Crippen LogP contribution in [0.4, 0.5) is 0 Å². The summed E-state index contributed by atoms with van der Waals surface area (Å²) < 4.78 is 0. The summed E-state index contributed by atoms with van der Waals surface area (Å²) >= 11 is 1.77. The first-order valence-electron chi connectivity index (χ1n) is 8.30. The molecule has 2 amide bonds. The van der Waals surface area contributed by atoms with E-state index in [4.69, 9.17) is 0 Å². The summed E-state index contributed by atoms with van der Waals surface area (Å²) in [6, 6.07) is 9.64. The summed E-state index contributed by atoms with van der Waals surface area (Å²) in [6.45, 7) is 4.82. The first kappa shape index (κ1) is 16.7. The van der Waals surface area contributed by atoms with Crippen LogP contribution in [0.1, 0.15) is 45.7 Å². The van der Waals surface area contributed by atoms with Crippen LogP contribution >= 0.6 is 11.3 Å². The van der Waals surface area contributed by atoms with E-state index >= 15 is 0 Å². The minimum absolute atomic E-state index is 0.0142. The van der Waals surface area contributed by atoms with Crippen LogP contribution < -0.4 is 5.32 Å². The Labute approximate surface area is 146 Å². The van der Waals surface area contributed by atoms with Gasteiger partial charge in [-0.25, -0.2) is 0 Å². The molecule has 0 saturated carbocycles. The molecule has 0 radical (unpaired) electrons. The van der Waals surface area contributed by atoms with Crippen molar-refractivity contribution in [2.24, 2.45) is 0 Å². The summed E-state index contributed by atoms with van der Waals surface area (Å²) in [5.74, 6) is -0.215. The molecule has 3 rings (SSSR count). The average Bonchev–Trinajstić information content (AvgIpc) is 3.07. The molecule has 1 aromatic carbocycles. The molecule has 5 heteroatoms. The molecule has 4 nitrogen and oxygen atoms in total. The van der Waals surface area contributed by atoms with Crippen LogP contribution in [0.25, 0.3) is 0 Å². The van der Waals surface area contributed by atoms with Crippen molar-refractivity contribution in [3.05, 3.63) is 57.3 Å². The van der Waals surface area contributed by atoms with Gasteiger partial charge in [0.15, 0.2) is 0 Å². The maximum absolute atomic E-state index is 12.6. The molecular weight excluding hydrogens is 320 g/mol. The zero-order valence-electron chi connectivity index (χ0n) is 14.0. The lowest BCUT2D eigenvalue weighted by molar-refractivity contribution is -0.133. The van der Waals surface area contributed by atoms with Crippen LogP contribution in [0, 0.1) is 6.92 Å². The number of thiophene rings is 1. The molecule has 1 aliphatic heterocycles. The summed E-state index contributed by atoms with van der Waals surface area (Å²) in [5, 5.41) is 4.86. The summed E-state index contributed by atoms with van der Waals surface area (Å²) in [7, 11) is 0. The van der Waals surface area contributed by atoms with Crippen molar-refractivity contribution in [3.63, 3.8) is 0 Å². The van der Waals surface area contributed by atoms with Crippen molar-refractivity contribution in [2.45, 2.75) is 32.7 Å². The zero-order valence-corrected chi connectivity index (χ0v) is 14.9. The van der Waals surface area contributed by atoms with Crippen LogP contribution in [0.5, 0.6) is 0 Å². The van der Waals surface area contributed by atoms with E-state index in [0.29, 0.717) is 5.56 Å². The average molecular weight is 342 g/mol. The fourth-order valence-electron chi connectivity index (χ4n) is 3.28. The number of fused-ring (bicyclic) bond motifs is 1. The lowest BCUT2D eigenvalue weighted by Gasteiger charge is -2.35. The summed E-state index contributed by atoms with van der Waals surface area (Å²) in [4.78, 5) is 28.1. The summed E-state index contributed by atoms with van der Waals surface area (Å²) in [6.07, 6.45) is 1.79. The number of carbonyl (C=O) groups excluding carboxylic acids is 2. The van der Waals surface area contributed by atoms with Gasteiger partial charge < -0.3 is 10.2 Å². The Morgan fingerprint density at radius 3 is 2.92 bits per heavy atom. The lowest BCUT2D eigenvalue weighted by atomic mass is 9.98. The molecule has 2 heterocycles. The van der Waals surface area contributed by atoms with Gasteiger partial charge >= 0.3 is 0 Å². The minimum Gasteiger partial charge on any atom is -0.343 e. The zero-order chi connectivity index (χ0) is 17.1. The fourth-order valence-corrected chi connectivity index (χ4v) is 4.21. The second kappa shape index (κ2) is 7.18. The van der Waals surface area contributed by atoms with E-state index < -0.39 is 0 Å². The van der Waals surface area contributed by atoms with Crippen molar-refractivity contribution >= 4 is 23.2 Å². The van der Waals surface area contributed by atoms with Crippen molar-refractivity contribution < 1.29 is 9.59 Å². The molecule has 0 bridgehead atoms. The molecule has 1 N–H and O–H groups in total. The molecule has 126 valence electrons. The predicted molar refractivity (Wildman–Crippen MR) is 96.3 cm³/mol. The minimum atomic E-state index is -0.201. The molecule has 0 spiro atoms. The van der Waals surface area contributed by atoms with Crippen LogP contribution in [0.15, 0.2) is 35.7 Å². The Kier molecular flexibility index (Phi) is 5.00. The van der Waals surface area contributed by atoms with E-state index in [1.54, 1.807) is 17.4 Å². The van der Waals surface area contributed by atoms with Crippen LogP contribution in [-0.4, -0.2) is 29.8 Å². The summed E-state index contributed by atoms with van der Waals surface area (Å²) in [5.41, 5.74) is 2.89. The molecule has 0 saturated heterocycles. The van der Waals surface area contributed by atoms with Gasteiger partial charge in [-0.15, -0.1) is 11.3 Å². The monoisotopic (exact) mass is 342 g/mol. The van der Waals surface area contributed by atoms with Crippen LogP contribution in [-0.2, 0) is 11.2 Å². The number of nitrogens with zero attached hydrogens (tertiary/aromatic N) is 1. The second-order valence-corrected chi connectivity index (χ2v) is 7.11. The highest BCUT2D eigenvalue weighted by atomic mass is 32.1. The molecule has 0 fully saturated rings. The van der Waals surface area contributed by atoms with Gasteiger partial charge in [0.2, 0.25) is 5.91 Å². The molecule has 24 heavy (non-hydrogen) atoms. The van der Waals surface area contributed by atoms with E-state index in [-0.39, 0.29) is 24.4 Å². The molecule has 2 aromatic rings. The topological polar surface area (TPSA) is 49.4 Å². The van der Waals surface area contributed by atoms with Crippen LogP contribution in [0.2, 0.25) is 0 Å². The van der Waals surface area contributed by atoms with Gasteiger partial charge in [-0.05, 0) is 48.9 Å². The predicted octanol–water partition coefficient (Wildman–Crippen LogP) is 3.32. The number of benzene rings is 1. The molecule has 1 aliphatic rings. The Morgan fingerprint density at radius 1 is 1.33 bits per heavy atom. The lowest BCUT2D eigenvalue weighted by Crippen LogP contribution is -2.44. The number of hydrogen-bond donors (Lipinski definition) is 1. The van der Waals surface area contributed by atoms with Gasteiger partial charge in [0.25, 0.3) is 5.91 Å². The normalized spacial score (nSPS) is 16.6. The fraction of sp³-hybridized carbons (Fsp3) is 0.368. The van der Waals surface area contributed by atoms with Gasteiger partial charge in [-0.2, -0.15) is 0 Å². The highest BCUT2D eigenvalue weighted by molar-refractivity contribution is 7.10. The second-order valence-electron chi connectivity index (χ2n) is 6.11. The SMILES string of the molecule is CCC1c2ccsc2CCN1C(=O)CNC(=O)c1cccc(C)c1. The van der Waals surface area contributed by atoms with Crippen molar-refractivity contribution in [1.82, 2.24) is 10.2 Å². The van der Waals surface area contributed by atoms with Crippen molar-refractivity contribution in [2.75, 3.05) is 13.1 Å². The van der Waals surface area contributed by atoms with Gasteiger partial charge in [0.1, 0.15) is 0 Å². The number of aryl methyl sites for hydroxylation is 1. The van der Waals surface area contributed by atoms with Gasteiger partial charge in [0.05, 0.1) is 12.6 Å². The third-order valence-electron chi connectivity index (χ3n) is 4.48. The Hall–Kier alpha value is -2.14. The van der Waals surface area contributed by atoms with Gasteiger partial charge in [0, 0.05) is 17.0 Å². The van der Waals surface area contributed by atoms with E-state index in [2.05, 4.69) is 23.7 Å². The van der Waals surface area contributed by atoms with Gasteiger partial charge in [-0.1, -0.05) is 24.6 Å². The van der Waals surface area contributed by atoms with Gasteiger partial charge in [-0.3, -0.25) is 9.59 Å². The number of hydrogen-bond acceptors (Lipinski definition) is 3. The maximum atomic E-state index is 12.6. The Morgan fingerprint density at radius 2 is 2.17 bits per heavy atom. The maximum Gasteiger partial charge on any atom is 0.251 e. The standard InChI is InChI=1S/C19H22N2O2S/c1-3-16-15-8-10-24-17(15)7-9-21(16)18(22)12-20-19(23)14-6-4-5-13(2)11-14/h4-6,8,10-11,16H,3,7,9,12H2,1-2H3,(H,20,23). The van der Waals surface area contributed by atoms with E-state index in [1.807, 2.05) is 30.0 Å². The number of carbonyl (C=O) groups is 2. The number of nitrogens with one attached hydrogen (secondary N) is 1. The Balaban J connectivity index is 1.64. The molecular formula is C19H22N2O2S. The quantitative estimate of drug-likeness (QED) is 0.926. The molecule has 0 aliphatic carbocycles. The first-order chi connectivity index (χ1) is 11.6. The van der Waals surface area contributed by atoms with E-state index in [1.165, 1.54) is 10.4 Å². The number of rotatable bonds is 4. The van der Waals surface area contributed by atoms with E-state index in [0.717, 1.165) is 24.9 Å². The number of amides is 2. The van der Waals surface area contributed by atoms with Crippen molar-refractivity contribution in [1.29, 1.82) is 0 Å². The first-order valence-corrected chi connectivity index (χ1v) is 9.18. The Bertz CT molecular complexity index is 753. The third kappa shape index (κ3) is 3.36. The largest absolute Gasteiger partial charge is 0.343 e. The highest BCUT2D eigenvalue weighted by Gasteiger charge is 2.30. The third-order valence-corrected chi connectivity index (χ3v) is 5.48. The molecule has 1 atom stereocenters. The molecule has 1 unspecified atom stereocenters. The van der Waals surface area contributed by atoms with Crippen LogP contribution in [0.3, 0.4) is 0 Å². The smallest absolute Gasteiger partial charge is 0.251 e.